The van der Waals surface area contributed by atoms with Crippen molar-refractivity contribution < 1.29 is 37.3 Å². The zero-order chi connectivity index (χ0) is 35.0. The number of benzene rings is 2. The van der Waals surface area contributed by atoms with Crippen molar-refractivity contribution >= 4 is 39.0 Å². The van der Waals surface area contributed by atoms with Crippen molar-refractivity contribution in [2.45, 2.75) is 63.4 Å². The number of allylic oxidation sites excluding steroid dienone is 1. The van der Waals surface area contributed by atoms with Gasteiger partial charge in [-0.05, 0) is 85.4 Å². The van der Waals surface area contributed by atoms with Crippen LogP contribution in [0, 0.1) is 30.9 Å². The number of hydrogen-bond donors (Lipinski definition) is 4. The van der Waals surface area contributed by atoms with E-state index in [0.29, 0.717) is 28.5 Å². The number of aldehydes is 1. The lowest BCUT2D eigenvalue weighted by Gasteiger charge is -2.44. The van der Waals surface area contributed by atoms with Crippen molar-refractivity contribution in [3.05, 3.63) is 91.9 Å². The molecule has 5 N–H and O–H groups in total. The minimum atomic E-state index is -2.36. The molecule has 3 aromatic rings. The number of nitrogens with two attached hydrogens (primary N) is 1. The number of carbonyl (C=O) groups excluding carboxylic acids is 2. The van der Waals surface area contributed by atoms with Gasteiger partial charge in [0.25, 0.3) is 5.91 Å². The molecular weight excluding hydrogens is 693 g/mol. The van der Waals surface area contributed by atoms with Crippen molar-refractivity contribution in [1.29, 1.82) is 0 Å². The van der Waals surface area contributed by atoms with Crippen molar-refractivity contribution in [1.82, 2.24) is 15.6 Å². The van der Waals surface area contributed by atoms with Gasteiger partial charge >= 0.3 is 0 Å². The van der Waals surface area contributed by atoms with Crippen LogP contribution in [-0.2, 0) is 15.1 Å². The molecule has 2 aliphatic heterocycles. The number of ether oxygens (including phenoxy) is 2. The quantitative estimate of drug-likeness (QED) is 0.224. The zero-order valence-corrected chi connectivity index (χ0v) is 28.6. The lowest BCUT2D eigenvalue weighted by molar-refractivity contribution is -0.111. The Kier molecular flexibility index (Phi) is 8.20. The summed E-state index contributed by atoms with van der Waals surface area (Å²) >= 11 is 3.46. The third-order valence-corrected chi connectivity index (χ3v) is 10.9. The predicted molar refractivity (Wildman–Crippen MR) is 176 cm³/mol. The van der Waals surface area contributed by atoms with Gasteiger partial charge in [-0.25, -0.2) is 18.2 Å². The molecule has 0 saturated heterocycles. The average molecular weight is 730 g/mol. The minimum Gasteiger partial charge on any atom is -0.494 e. The van der Waals surface area contributed by atoms with Crippen LogP contribution in [-0.4, -0.2) is 59.9 Å². The highest BCUT2D eigenvalue weighted by molar-refractivity contribution is 9.10. The van der Waals surface area contributed by atoms with E-state index in [-0.39, 0.29) is 47.6 Å². The Bertz CT molecular complexity index is 1950. The number of methoxy groups -OCH3 is 1. The molecule has 13 heteroatoms. The van der Waals surface area contributed by atoms with Gasteiger partial charge in [0, 0.05) is 38.3 Å². The fourth-order valence-corrected chi connectivity index (χ4v) is 6.94. The SMILES string of the molecule is COc1cc(C(=O)NC[C@](O)(C2=CC3=C(OC[C@]3(C)C(N)C=O)C(C)(c3cc(C)c(F)cc3F)N2)C2(F)CC2)cc2cc(Br)c(C)nc12. The maximum absolute atomic E-state index is 16.4. The molecule has 1 aromatic heterocycles. The number of pyridine rings is 1. The second kappa shape index (κ2) is 11.6. The number of fused-ring (bicyclic) bond motifs is 1. The van der Waals surface area contributed by atoms with E-state index in [4.69, 9.17) is 15.2 Å². The smallest absolute Gasteiger partial charge is 0.251 e. The first kappa shape index (κ1) is 33.9. The molecule has 3 aliphatic rings. The van der Waals surface area contributed by atoms with Crippen LogP contribution in [0.25, 0.3) is 10.9 Å². The molecule has 1 amide bonds. The predicted octanol–water partition coefficient (Wildman–Crippen LogP) is 5.08. The molecular formula is C35H36BrF3N4O5. The molecule has 4 atom stereocenters. The van der Waals surface area contributed by atoms with Gasteiger partial charge in [0.15, 0.2) is 5.60 Å². The maximum Gasteiger partial charge on any atom is 0.251 e. The molecule has 9 nitrogen and oxygen atoms in total. The van der Waals surface area contributed by atoms with Crippen LogP contribution >= 0.6 is 15.9 Å². The van der Waals surface area contributed by atoms with Crippen molar-refractivity contribution in [3.8, 4) is 5.75 Å². The summed E-state index contributed by atoms with van der Waals surface area (Å²) < 4.78 is 58.8. The van der Waals surface area contributed by atoms with E-state index in [2.05, 4.69) is 31.5 Å². The number of nitrogens with one attached hydrogen (secondary N) is 2. The summed E-state index contributed by atoms with van der Waals surface area (Å²) in [5.41, 5.74) is 0.814. The third-order valence-electron chi connectivity index (χ3n) is 10.0. The fourth-order valence-electron chi connectivity index (χ4n) is 6.60. The van der Waals surface area contributed by atoms with E-state index >= 15 is 8.78 Å². The number of carbonyl (C=O) groups is 2. The molecule has 3 heterocycles. The summed E-state index contributed by atoms with van der Waals surface area (Å²) in [5, 5.41) is 18.7. The monoisotopic (exact) mass is 728 g/mol. The highest BCUT2D eigenvalue weighted by Crippen LogP contribution is 2.56. The van der Waals surface area contributed by atoms with Gasteiger partial charge in [-0.1, -0.05) is 6.92 Å². The highest BCUT2D eigenvalue weighted by atomic mass is 79.9. The van der Waals surface area contributed by atoms with Crippen LogP contribution in [0.15, 0.2) is 57.9 Å². The van der Waals surface area contributed by atoms with Gasteiger partial charge in [-0.2, -0.15) is 0 Å². The van der Waals surface area contributed by atoms with Crippen LogP contribution < -0.4 is 21.1 Å². The van der Waals surface area contributed by atoms with Crippen LogP contribution in [0.2, 0.25) is 0 Å². The van der Waals surface area contributed by atoms with Gasteiger partial charge in [0.05, 0.1) is 37.4 Å². The Morgan fingerprint density at radius 2 is 1.94 bits per heavy atom. The van der Waals surface area contributed by atoms with E-state index < -0.39 is 52.4 Å². The van der Waals surface area contributed by atoms with Gasteiger partial charge in [-0.3, -0.25) is 4.79 Å². The number of nitrogens with zero attached hydrogens (tertiary/aromatic N) is 1. The largest absolute Gasteiger partial charge is 0.494 e. The van der Waals surface area contributed by atoms with Gasteiger partial charge in [0.1, 0.15) is 46.2 Å². The van der Waals surface area contributed by atoms with Crippen molar-refractivity contribution in [2.24, 2.45) is 11.1 Å². The first-order valence-corrected chi connectivity index (χ1v) is 16.2. The Hall–Kier alpha value is -3.94. The number of alkyl halides is 1. The number of aryl methyl sites for hydroxylation is 2. The molecule has 2 unspecified atom stereocenters. The zero-order valence-electron chi connectivity index (χ0n) is 27.1. The minimum absolute atomic E-state index is 0.0184. The fraction of sp³-hybridized carbons (Fsp3) is 0.400. The number of aromatic nitrogens is 1. The Morgan fingerprint density at radius 1 is 1.23 bits per heavy atom. The molecule has 6 rings (SSSR count). The molecule has 1 aliphatic carbocycles. The first-order valence-electron chi connectivity index (χ1n) is 15.4. The number of hydrogen-bond acceptors (Lipinski definition) is 8. The van der Waals surface area contributed by atoms with Crippen LogP contribution in [0.3, 0.4) is 0 Å². The molecule has 254 valence electrons. The Labute approximate surface area is 283 Å². The standard InChI is InChI=1S/C35H36BrF3N4O5/c1-17-8-21(25(38)13-24(17)37)33(4)30-22(32(3,16-48-30)27(40)14-44)12-28(43-33)35(46,34(39)6-7-34)15-41-31(45)20-9-19-10-23(36)18(2)42-29(19)26(11-20)47-5/h8-14,27,43,46H,6-7,15-16,40H2,1-5H3,(H,41,45)/t27?,32-,33?,35-/m0/s1. The molecule has 0 bridgehead atoms. The summed E-state index contributed by atoms with van der Waals surface area (Å²) in [7, 11) is 1.46. The van der Waals surface area contributed by atoms with E-state index in [1.165, 1.54) is 32.2 Å². The molecule has 0 spiro atoms. The second-order valence-electron chi connectivity index (χ2n) is 13.3. The summed E-state index contributed by atoms with van der Waals surface area (Å²) in [6, 6.07) is 5.91. The third kappa shape index (κ3) is 5.17. The summed E-state index contributed by atoms with van der Waals surface area (Å²) in [6.07, 6.45) is 2.00. The van der Waals surface area contributed by atoms with E-state index in [1.54, 1.807) is 26.0 Å². The van der Waals surface area contributed by atoms with E-state index in [0.717, 1.165) is 16.2 Å². The average Bonchev–Trinajstić information content (AvgIpc) is 3.72. The summed E-state index contributed by atoms with van der Waals surface area (Å²) in [5.74, 6) is -1.74. The van der Waals surface area contributed by atoms with E-state index in [1.807, 2.05) is 6.92 Å². The van der Waals surface area contributed by atoms with Gasteiger partial charge < -0.3 is 35.7 Å². The number of dihydropyridines is 1. The molecule has 1 saturated carbocycles. The molecule has 0 radical (unpaired) electrons. The maximum atomic E-state index is 16.4. The number of halogens is 4. The van der Waals surface area contributed by atoms with Crippen LogP contribution in [0.4, 0.5) is 13.2 Å². The van der Waals surface area contributed by atoms with Crippen LogP contribution in [0.5, 0.6) is 5.75 Å². The second-order valence-corrected chi connectivity index (χ2v) is 14.2. The highest BCUT2D eigenvalue weighted by Gasteiger charge is 2.64. The number of amides is 1. The molecule has 2 aromatic carbocycles. The normalized spacial score (nSPS) is 24.5. The Balaban J connectivity index is 1.43. The first-order chi connectivity index (χ1) is 22.5. The molecule has 1 fully saturated rings. The topological polar surface area (TPSA) is 136 Å². The van der Waals surface area contributed by atoms with Gasteiger partial charge in [-0.15, -0.1) is 0 Å². The van der Waals surface area contributed by atoms with Crippen molar-refractivity contribution in [3.63, 3.8) is 0 Å². The lowest BCUT2D eigenvalue weighted by atomic mass is 9.71. The number of aliphatic hydroxyl groups is 1. The Morgan fingerprint density at radius 3 is 2.58 bits per heavy atom. The van der Waals surface area contributed by atoms with Crippen molar-refractivity contribution in [2.75, 3.05) is 20.3 Å². The van der Waals surface area contributed by atoms with Crippen LogP contribution in [0.1, 0.15) is 53.9 Å². The number of rotatable bonds is 9. The lowest BCUT2D eigenvalue weighted by Crippen LogP contribution is -2.59. The van der Waals surface area contributed by atoms with E-state index in [9.17, 15) is 19.1 Å². The summed E-state index contributed by atoms with van der Waals surface area (Å²) in [4.78, 5) is 30.1. The molecule has 48 heavy (non-hydrogen) atoms. The van der Waals surface area contributed by atoms with Gasteiger partial charge in [0.2, 0.25) is 0 Å². The summed E-state index contributed by atoms with van der Waals surface area (Å²) in [6.45, 7) is 5.90.